The van der Waals surface area contributed by atoms with Gasteiger partial charge in [0.2, 0.25) is 21.8 Å². The fourth-order valence-corrected chi connectivity index (χ4v) is 3.65. The van der Waals surface area contributed by atoms with Crippen LogP contribution >= 0.6 is 0 Å². The van der Waals surface area contributed by atoms with E-state index in [1.165, 1.54) is 11.9 Å². The van der Waals surface area contributed by atoms with Gasteiger partial charge in [-0.2, -0.15) is 4.31 Å². The van der Waals surface area contributed by atoms with Gasteiger partial charge in [0.05, 0.1) is 18.9 Å². The summed E-state index contributed by atoms with van der Waals surface area (Å²) < 4.78 is 30.4. The standard InChI is InChI=1S/C25H35N3O5S/c1-20(2)33-17-11-16-26-25(30)24(22-14-9-6-10-15-22)28(18-21-12-7-5-8-13-21)23(29)19-27(3)34(4,31)32/h5-10,12-15,20,24H,11,16-19H2,1-4H3,(H,26,30). The summed E-state index contributed by atoms with van der Waals surface area (Å²) in [5.74, 6) is -0.800. The number of benzene rings is 2. The van der Waals surface area contributed by atoms with Crippen molar-refractivity contribution >= 4 is 21.8 Å². The zero-order valence-electron chi connectivity index (χ0n) is 20.3. The minimum atomic E-state index is -3.57. The van der Waals surface area contributed by atoms with Crippen LogP contribution in [-0.4, -0.2) is 68.5 Å². The lowest BCUT2D eigenvalue weighted by molar-refractivity contribution is -0.141. The van der Waals surface area contributed by atoms with Crippen LogP contribution in [0.25, 0.3) is 0 Å². The molecule has 186 valence electrons. The fraction of sp³-hybridized carbons (Fsp3) is 0.440. The Labute approximate surface area is 202 Å². The van der Waals surface area contributed by atoms with Crippen molar-refractivity contribution in [1.29, 1.82) is 0 Å². The lowest BCUT2D eigenvalue weighted by Gasteiger charge is -2.32. The molecule has 0 fully saturated rings. The number of rotatable bonds is 13. The molecule has 0 heterocycles. The van der Waals surface area contributed by atoms with Crippen LogP contribution in [0.3, 0.4) is 0 Å². The molecule has 2 amide bonds. The predicted octanol–water partition coefficient (Wildman–Crippen LogP) is 2.58. The monoisotopic (exact) mass is 489 g/mol. The number of ether oxygens (including phenoxy) is 1. The highest BCUT2D eigenvalue weighted by atomic mass is 32.2. The van der Waals surface area contributed by atoms with E-state index in [0.29, 0.717) is 25.1 Å². The normalized spacial score (nSPS) is 12.5. The summed E-state index contributed by atoms with van der Waals surface area (Å²) in [5.41, 5.74) is 1.47. The van der Waals surface area contributed by atoms with Crippen molar-refractivity contribution in [3.8, 4) is 0 Å². The third-order valence-electron chi connectivity index (χ3n) is 5.19. The topological polar surface area (TPSA) is 96.0 Å². The fourth-order valence-electron chi connectivity index (χ4n) is 3.31. The number of carbonyl (C=O) groups is 2. The first kappa shape index (κ1) is 27.5. The smallest absolute Gasteiger partial charge is 0.247 e. The van der Waals surface area contributed by atoms with Gasteiger partial charge < -0.3 is 15.0 Å². The second kappa shape index (κ2) is 13.2. The molecule has 0 radical (unpaired) electrons. The van der Waals surface area contributed by atoms with Crippen LogP contribution in [0.5, 0.6) is 0 Å². The van der Waals surface area contributed by atoms with Crippen LogP contribution in [0, 0.1) is 0 Å². The van der Waals surface area contributed by atoms with Crippen LogP contribution in [0.1, 0.15) is 37.4 Å². The first-order valence-corrected chi connectivity index (χ1v) is 13.1. The van der Waals surface area contributed by atoms with E-state index in [4.69, 9.17) is 4.74 Å². The molecule has 2 aromatic carbocycles. The molecule has 8 nitrogen and oxygen atoms in total. The van der Waals surface area contributed by atoms with Crippen LogP contribution in [0.4, 0.5) is 0 Å². The van der Waals surface area contributed by atoms with Crippen molar-refractivity contribution in [3.63, 3.8) is 0 Å². The van der Waals surface area contributed by atoms with Gasteiger partial charge in [0, 0.05) is 26.7 Å². The van der Waals surface area contributed by atoms with Gasteiger partial charge in [0.15, 0.2) is 0 Å². The Balaban J connectivity index is 2.33. The Hall–Kier alpha value is -2.75. The minimum Gasteiger partial charge on any atom is -0.379 e. The van der Waals surface area contributed by atoms with E-state index in [0.717, 1.165) is 16.1 Å². The maximum absolute atomic E-state index is 13.4. The zero-order valence-corrected chi connectivity index (χ0v) is 21.1. The number of carbonyl (C=O) groups excluding carboxylic acids is 2. The van der Waals surface area contributed by atoms with E-state index < -0.39 is 22.0 Å². The largest absolute Gasteiger partial charge is 0.379 e. The summed E-state index contributed by atoms with van der Waals surface area (Å²) in [6.07, 6.45) is 1.79. The molecule has 1 unspecified atom stereocenters. The second-order valence-electron chi connectivity index (χ2n) is 8.40. The molecular formula is C25H35N3O5S. The van der Waals surface area contributed by atoms with Gasteiger partial charge in [0.25, 0.3) is 0 Å². The Morgan fingerprint density at radius 3 is 2.15 bits per heavy atom. The van der Waals surface area contributed by atoms with Crippen molar-refractivity contribution in [3.05, 3.63) is 71.8 Å². The number of nitrogens with one attached hydrogen (secondary N) is 1. The Bertz CT molecular complexity index is 1010. The molecule has 0 spiro atoms. The summed E-state index contributed by atoms with van der Waals surface area (Å²) in [5, 5.41) is 2.91. The lowest BCUT2D eigenvalue weighted by Crippen LogP contribution is -2.47. The summed E-state index contributed by atoms with van der Waals surface area (Å²) in [4.78, 5) is 28.2. The first-order chi connectivity index (χ1) is 16.1. The van der Waals surface area contributed by atoms with Crippen LogP contribution < -0.4 is 5.32 Å². The molecule has 9 heteroatoms. The molecular weight excluding hydrogens is 454 g/mol. The van der Waals surface area contributed by atoms with Gasteiger partial charge in [-0.15, -0.1) is 0 Å². The molecule has 0 bridgehead atoms. The summed E-state index contributed by atoms with van der Waals surface area (Å²) in [7, 11) is -2.22. The van der Waals surface area contributed by atoms with E-state index in [1.54, 1.807) is 24.3 Å². The molecule has 0 saturated carbocycles. The lowest BCUT2D eigenvalue weighted by atomic mass is 10.0. The molecule has 0 saturated heterocycles. The minimum absolute atomic E-state index is 0.110. The maximum atomic E-state index is 13.4. The molecule has 2 aromatic rings. The van der Waals surface area contributed by atoms with E-state index in [1.807, 2.05) is 50.2 Å². The van der Waals surface area contributed by atoms with Crippen molar-refractivity contribution in [2.45, 2.75) is 39.0 Å². The van der Waals surface area contributed by atoms with Gasteiger partial charge >= 0.3 is 0 Å². The summed E-state index contributed by atoms with van der Waals surface area (Å²) in [6.45, 7) is 4.59. The Morgan fingerprint density at radius 2 is 1.59 bits per heavy atom. The van der Waals surface area contributed by atoms with E-state index in [-0.39, 0.29) is 25.1 Å². The predicted molar refractivity (Wildman–Crippen MR) is 132 cm³/mol. The number of hydrogen-bond acceptors (Lipinski definition) is 5. The molecule has 0 aromatic heterocycles. The quantitative estimate of drug-likeness (QED) is 0.436. The molecule has 0 aliphatic carbocycles. The average Bonchev–Trinajstić information content (AvgIpc) is 2.79. The number of nitrogens with zero attached hydrogens (tertiary/aromatic N) is 2. The first-order valence-electron chi connectivity index (χ1n) is 11.3. The molecule has 0 aliphatic rings. The van der Waals surface area contributed by atoms with Crippen molar-refractivity contribution in [2.24, 2.45) is 0 Å². The molecule has 34 heavy (non-hydrogen) atoms. The molecule has 1 atom stereocenters. The zero-order chi connectivity index (χ0) is 25.1. The van der Waals surface area contributed by atoms with Crippen LogP contribution in [0.2, 0.25) is 0 Å². The van der Waals surface area contributed by atoms with E-state index in [9.17, 15) is 18.0 Å². The van der Waals surface area contributed by atoms with Crippen LogP contribution in [-0.2, 0) is 30.9 Å². The van der Waals surface area contributed by atoms with Gasteiger partial charge in [-0.05, 0) is 31.4 Å². The molecule has 0 aliphatic heterocycles. The Kier molecular flexibility index (Phi) is 10.7. The maximum Gasteiger partial charge on any atom is 0.247 e. The van der Waals surface area contributed by atoms with Crippen molar-refractivity contribution < 1.29 is 22.7 Å². The van der Waals surface area contributed by atoms with Crippen molar-refractivity contribution in [1.82, 2.24) is 14.5 Å². The number of likely N-dealkylation sites (N-methyl/N-ethyl adjacent to an activating group) is 1. The SMILES string of the molecule is CC(C)OCCCNC(=O)C(c1ccccc1)N(Cc1ccccc1)C(=O)CN(C)S(C)(=O)=O. The summed E-state index contributed by atoms with van der Waals surface area (Å²) in [6, 6.07) is 17.4. The van der Waals surface area contributed by atoms with Gasteiger partial charge in [-0.1, -0.05) is 60.7 Å². The third-order valence-corrected chi connectivity index (χ3v) is 6.45. The highest BCUT2D eigenvalue weighted by molar-refractivity contribution is 7.88. The third kappa shape index (κ3) is 8.89. The van der Waals surface area contributed by atoms with Gasteiger partial charge in [-0.25, -0.2) is 8.42 Å². The van der Waals surface area contributed by atoms with Crippen molar-refractivity contribution in [2.75, 3.05) is 33.0 Å². The van der Waals surface area contributed by atoms with Gasteiger partial charge in [0.1, 0.15) is 6.04 Å². The van der Waals surface area contributed by atoms with Gasteiger partial charge in [-0.3, -0.25) is 9.59 Å². The summed E-state index contributed by atoms with van der Waals surface area (Å²) >= 11 is 0. The highest BCUT2D eigenvalue weighted by Crippen LogP contribution is 2.24. The number of sulfonamides is 1. The Morgan fingerprint density at radius 1 is 1.00 bits per heavy atom. The van der Waals surface area contributed by atoms with E-state index in [2.05, 4.69) is 5.32 Å². The van der Waals surface area contributed by atoms with E-state index >= 15 is 0 Å². The second-order valence-corrected chi connectivity index (χ2v) is 10.5. The van der Waals surface area contributed by atoms with Crippen LogP contribution in [0.15, 0.2) is 60.7 Å². The average molecular weight is 490 g/mol. The number of hydrogen-bond donors (Lipinski definition) is 1. The highest BCUT2D eigenvalue weighted by Gasteiger charge is 2.32. The number of amides is 2. The molecule has 2 rings (SSSR count). The molecule has 1 N–H and O–H groups in total.